The second-order valence-electron chi connectivity index (χ2n) is 7.43. The molecule has 2 heterocycles. The van der Waals surface area contributed by atoms with Gasteiger partial charge in [-0.2, -0.15) is 0 Å². The van der Waals surface area contributed by atoms with Crippen LogP contribution in [0, 0.1) is 13.8 Å². The van der Waals surface area contributed by atoms with Crippen LogP contribution in [0.2, 0.25) is 0 Å². The standard InChI is InChI=1S/C25H25N3O/c1-19-10-9-15-28-23(20(2)26-25(19)28)16-24(29)27(17-21-11-5-3-6-12-21)18-22-13-7-4-8-14-22/h3-15H,16-18H2,1-2H3. The van der Waals surface area contributed by atoms with E-state index in [1.807, 2.05) is 77.9 Å². The van der Waals surface area contributed by atoms with Crippen LogP contribution in [0.4, 0.5) is 0 Å². The van der Waals surface area contributed by atoms with Gasteiger partial charge in [-0.15, -0.1) is 0 Å². The molecular weight excluding hydrogens is 358 g/mol. The first-order valence-electron chi connectivity index (χ1n) is 9.90. The SMILES string of the molecule is Cc1nc2c(C)cccn2c1CC(=O)N(Cc1ccccc1)Cc1ccccc1. The number of hydrogen-bond donors (Lipinski definition) is 0. The zero-order valence-electron chi connectivity index (χ0n) is 16.9. The van der Waals surface area contributed by atoms with Crippen LogP contribution >= 0.6 is 0 Å². The Balaban J connectivity index is 1.63. The molecule has 0 aliphatic heterocycles. The van der Waals surface area contributed by atoms with Gasteiger partial charge in [0, 0.05) is 19.3 Å². The second kappa shape index (κ2) is 8.31. The maximum Gasteiger partial charge on any atom is 0.229 e. The largest absolute Gasteiger partial charge is 0.334 e. The van der Waals surface area contributed by atoms with Crippen molar-refractivity contribution in [1.82, 2.24) is 14.3 Å². The van der Waals surface area contributed by atoms with Crippen molar-refractivity contribution in [3.05, 3.63) is 107 Å². The monoisotopic (exact) mass is 383 g/mol. The number of nitrogens with zero attached hydrogens (tertiary/aromatic N) is 3. The van der Waals surface area contributed by atoms with Crippen molar-refractivity contribution in [2.75, 3.05) is 0 Å². The number of aryl methyl sites for hydroxylation is 2. The van der Waals surface area contributed by atoms with Gasteiger partial charge in [0.1, 0.15) is 5.65 Å². The molecule has 4 nitrogen and oxygen atoms in total. The van der Waals surface area contributed by atoms with E-state index in [-0.39, 0.29) is 5.91 Å². The topological polar surface area (TPSA) is 37.6 Å². The van der Waals surface area contributed by atoms with E-state index >= 15 is 0 Å². The third-order valence-electron chi connectivity index (χ3n) is 5.25. The fraction of sp³-hybridized carbons (Fsp3) is 0.200. The number of fused-ring (bicyclic) bond motifs is 1. The van der Waals surface area contributed by atoms with Crippen molar-refractivity contribution in [2.45, 2.75) is 33.4 Å². The maximum absolute atomic E-state index is 13.4. The molecular formula is C25H25N3O. The Labute approximate surface area is 171 Å². The molecule has 0 aliphatic carbocycles. The van der Waals surface area contributed by atoms with Gasteiger partial charge in [0.2, 0.25) is 5.91 Å². The molecule has 0 saturated carbocycles. The molecule has 0 radical (unpaired) electrons. The van der Waals surface area contributed by atoms with Crippen LogP contribution < -0.4 is 0 Å². The number of rotatable bonds is 6. The van der Waals surface area contributed by atoms with Crippen molar-refractivity contribution in [3.63, 3.8) is 0 Å². The van der Waals surface area contributed by atoms with Crippen LogP contribution in [0.3, 0.4) is 0 Å². The Bertz CT molecular complexity index is 1080. The quantitative estimate of drug-likeness (QED) is 0.483. The molecule has 2 aromatic carbocycles. The molecule has 0 fully saturated rings. The van der Waals surface area contributed by atoms with Crippen molar-refractivity contribution in [3.8, 4) is 0 Å². The Morgan fingerprint density at radius 3 is 2.03 bits per heavy atom. The minimum Gasteiger partial charge on any atom is -0.334 e. The normalized spacial score (nSPS) is 11.0. The Morgan fingerprint density at radius 2 is 1.45 bits per heavy atom. The lowest BCUT2D eigenvalue weighted by Crippen LogP contribution is -2.32. The fourth-order valence-corrected chi connectivity index (χ4v) is 3.67. The van der Waals surface area contributed by atoms with E-state index in [1.165, 1.54) is 0 Å². The Hall–Kier alpha value is -3.40. The molecule has 4 heteroatoms. The molecule has 4 aromatic rings. The van der Waals surface area contributed by atoms with E-state index in [1.54, 1.807) is 0 Å². The molecule has 1 amide bonds. The van der Waals surface area contributed by atoms with Crippen LogP contribution in [0.5, 0.6) is 0 Å². The molecule has 0 saturated heterocycles. The predicted octanol–water partition coefficient (Wildman–Crippen LogP) is 4.72. The van der Waals surface area contributed by atoms with Gasteiger partial charge in [-0.05, 0) is 36.6 Å². The van der Waals surface area contributed by atoms with Gasteiger partial charge in [0.15, 0.2) is 0 Å². The average Bonchev–Trinajstić information content (AvgIpc) is 3.06. The zero-order valence-corrected chi connectivity index (χ0v) is 16.9. The lowest BCUT2D eigenvalue weighted by atomic mass is 10.1. The summed E-state index contributed by atoms with van der Waals surface area (Å²) in [6, 6.07) is 24.3. The van der Waals surface area contributed by atoms with Gasteiger partial charge in [0.25, 0.3) is 0 Å². The molecule has 29 heavy (non-hydrogen) atoms. The molecule has 0 unspecified atom stereocenters. The first-order chi connectivity index (χ1) is 14.1. The highest BCUT2D eigenvalue weighted by molar-refractivity contribution is 5.79. The Kier molecular flexibility index (Phi) is 5.43. The fourth-order valence-electron chi connectivity index (χ4n) is 3.67. The summed E-state index contributed by atoms with van der Waals surface area (Å²) in [6.45, 7) is 5.20. The van der Waals surface area contributed by atoms with Crippen LogP contribution in [-0.2, 0) is 24.3 Å². The summed E-state index contributed by atoms with van der Waals surface area (Å²) >= 11 is 0. The van der Waals surface area contributed by atoms with Crippen molar-refractivity contribution in [2.24, 2.45) is 0 Å². The molecule has 0 aliphatic rings. The van der Waals surface area contributed by atoms with Crippen LogP contribution in [0.15, 0.2) is 79.0 Å². The minimum atomic E-state index is 0.101. The van der Waals surface area contributed by atoms with Gasteiger partial charge >= 0.3 is 0 Å². The molecule has 146 valence electrons. The van der Waals surface area contributed by atoms with E-state index < -0.39 is 0 Å². The van der Waals surface area contributed by atoms with Gasteiger partial charge in [-0.25, -0.2) is 4.98 Å². The minimum absolute atomic E-state index is 0.101. The number of imidazole rings is 1. The molecule has 0 bridgehead atoms. The highest BCUT2D eigenvalue weighted by Crippen LogP contribution is 2.18. The van der Waals surface area contributed by atoms with Crippen molar-refractivity contribution < 1.29 is 4.79 Å². The molecule has 0 spiro atoms. The summed E-state index contributed by atoms with van der Waals surface area (Å²) in [5.74, 6) is 0.101. The van der Waals surface area contributed by atoms with Gasteiger partial charge in [-0.3, -0.25) is 4.79 Å². The highest BCUT2D eigenvalue weighted by Gasteiger charge is 2.19. The lowest BCUT2D eigenvalue weighted by molar-refractivity contribution is -0.131. The third kappa shape index (κ3) is 4.21. The summed E-state index contributed by atoms with van der Waals surface area (Å²) in [5, 5.41) is 0. The smallest absolute Gasteiger partial charge is 0.229 e. The molecule has 2 aromatic heterocycles. The third-order valence-corrected chi connectivity index (χ3v) is 5.25. The van der Waals surface area contributed by atoms with Crippen LogP contribution in [-0.4, -0.2) is 20.2 Å². The first-order valence-corrected chi connectivity index (χ1v) is 9.90. The number of carbonyl (C=O) groups excluding carboxylic acids is 1. The first kappa shape index (κ1) is 18.9. The number of aromatic nitrogens is 2. The number of pyridine rings is 1. The zero-order chi connectivity index (χ0) is 20.2. The van der Waals surface area contributed by atoms with E-state index in [0.29, 0.717) is 19.5 Å². The van der Waals surface area contributed by atoms with Crippen molar-refractivity contribution in [1.29, 1.82) is 0 Å². The number of carbonyl (C=O) groups is 1. The van der Waals surface area contributed by atoms with E-state index in [9.17, 15) is 4.79 Å². The van der Waals surface area contributed by atoms with Crippen molar-refractivity contribution >= 4 is 11.6 Å². The second-order valence-corrected chi connectivity index (χ2v) is 7.43. The lowest BCUT2D eigenvalue weighted by Gasteiger charge is -2.23. The highest BCUT2D eigenvalue weighted by atomic mass is 16.2. The number of hydrogen-bond acceptors (Lipinski definition) is 2. The summed E-state index contributed by atoms with van der Waals surface area (Å²) in [7, 11) is 0. The van der Waals surface area contributed by atoms with E-state index in [0.717, 1.165) is 33.7 Å². The molecule has 0 atom stereocenters. The average molecular weight is 383 g/mol. The Morgan fingerprint density at radius 1 is 0.862 bits per heavy atom. The maximum atomic E-state index is 13.4. The predicted molar refractivity (Wildman–Crippen MR) is 116 cm³/mol. The summed E-state index contributed by atoms with van der Waals surface area (Å²) < 4.78 is 2.05. The van der Waals surface area contributed by atoms with Crippen LogP contribution in [0.25, 0.3) is 5.65 Å². The summed E-state index contributed by atoms with van der Waals surface area (Å²) in [6.07, 6.45) is 2.32. The summed E-state index contributed by atoms with van der Waals surface area (Å²) in [5.41, 5.74) is 6.15. The summed E-state index contributed by atoms with van der Waals surface area (Å²) in [4.78, 5) is 20.0. The number of benzene rings is 2. The van der Waals surface area contributed by atoms with Gasteiger partial charge in [-0.1, -0.05) is 66.7 Å². The van der Waals surface area contributed by atoms with E-state index in [4.69, 9.17) is 0 Å². The van der Waals surface area contributed by atoms with Gasteiger partial charge < -0.3 is 9.30 Å². The molecule has 4 rings (SSSR count). The van der Waals surface area contributed by atoms with E-state index in [2.05, 4.69) is 29.2 Å². The molecule has 0 N–H and O–H groups in total. The van der Waals surface area contributed by atoms with Gasteiger partial charge in [0.05, 0.1) is 17.8 Å². The van der Waals surface area contributed by atoms with Crippen LogP contribution in [0.1, 0.15) is 28.1 Å². The number of amides is 1.